The summed E-state index contributed by atoms with van der Waals surface area (Å²) in [5.41, 5.74) is 2.70. The first-order valence-corrected chi connectivity index (χ1v) is 8.48. The summed E-state index contributed by atoms with van der Waals surface area (Å²) < 4.78 is 0. The zero-order valence-electron chi connectivity index (χ0n) is 14.7. The molecule has 0 radical (unpaired) electrons. The zero-order valence-corrected chi connectivity index (χ0v) is 15.4. The number of benzene rings is 2. The second-order valence-electron chi connectivity index (χ2n) is 6.50. The van der Waals surface area contributed by atoms with Crippen molar-refractivity contribution >= 4 is 28.9 Å². The van der Waals surface area contributed by atoms with Gasteiger partial charge in [0.2, 0.25) is 0 Å². The predicted octanol–water partition coefficient (Wildman–Crippen LogP) is 5.75. The fraction of sp³-hybridized carbons (Fsp3) is 0.316. The van der Waals surface area contributed by atoms with Crippen LogP contribution in [-0.4, -0.2) is 10.8 Å². The molecule has 5 nitrogen and oxygen atoms in total. The number of non-ortho nitro benzene ring substituents is 1. The van der Waals surface area contributed by atoms with Crippen molar-refractivity contribution < 1.29 is 9.72 Å². The molecular weight excluding hydrogens is 340 g/mol. The SMILES string of the molecule is CC(C)c1cccc(C(C)C)c1NC(=O)c1cc([N+](=O)[O-])ccc1Cl. The monoisotopic (exact) mass is 360 g/mol. The largest absolute Gasteiger partial charge is 0.321 e. The molecule has 0 saturated heterocycles. The number of para-hydroxylation sites is 1. The minimum atomic E-state index is -0.547. The number of carbonyl (C=O) groups excluding carboxylic acids is 1. The molecule has 25 heavy (non-hydrogen) atoms. The number of nitrogens with zero attached hydrogens (tertiary/aromatic N) is 1. The molecule has 6 heteroatoms. The third-order valence-corrected chi connectivity index (χ3v) is 4.35. The molecule has 0 spiro atoms. The third-order valence-electron chi connectivity index (χ3n) is 4.02. The van der Waals surface area contributed by atoms with Crippen LogP contribution in [0.2, 0.25) is 5.02 Å². The summed E-state index contributed by atoms with van der Waals surface area (Å²) in [4.78, 5) is 23.2. The topological polar surface area (TPSA) is 72.2 Å². The van der Waals surface area contributed by atoms with Crippen LogP contribution in [0, 0.1) is 10.1 Å². The molecule has 0 fully saturated rings. The van der Waals surface area contributed by atoms with Gasteiger partial charge in [0.15, 0.2) is 0 Å². The number of anilines is 1. The maximum atomic E-state index is 12.7. The molecule has 2 aromatic rings. The molecule has 0 aliphatic carbocycles. The first kappa shape index (κ1) is 18.9. The van der Waals surface area contributed by atoms with Gasteiger partial charge in [-0.05, 0) is 29.0 Å². The van der Waals surface area contributed by atoms with Crippen LogP contribution in [0.25, 0.3) is 0 Å². The molecule has 0 aliphatic heterocycles. The van der Waals surface area contributed by atoms with Crippen LogP contribution in [0.15, 0.2) is 36.4 Å². The van der Waals surface area contributed by atoms with E-state index in [2.05, 4.69) is 33.0 Å². The summed E-state index contributed by atoms with van der Waals surface area (Å²) in [5.74, 6) is -0.0205. The Morgan fingerprint density at radius 3 is 2.12 bits per heavy atom. The average molecular weight is 361 g/mol. The molecule has 2 aromatic carbocycles. The Morgan fingerprint density at radius 2 is 1.64 bits per heavy atom. The number of rotatable bonds is 5. The minimum Gasteiger partial charge on any atom is -0.321 e. The molecule has 0 atom stereocenters. The van der Waals surface area contributed by atoms with Gasteiger partial charge in [-0.2, -0.15) is 0 Å². The maximum absolute atomic E-state index is 12.7. The van der Waals surface area contributed by atoms with E-state index in [1.807, 2.05) is 18.2 Å². The number of carbonyl (C=O) groups is 1. The highest BCUT2D eigenvalue weighted by Crippen LogP contribution is 2.33. The first-order valence-electron chi connectivity index (χ1n) is 8.10. The van der Waals surface area contributed by atoms with Crippen molar-refractivity contribution in [3.63, 3.8) is 0 Å². The van der Waals surface area contributed by atoms with Gasteiger partial charge in [-0.3, -0.25) is 14.9 Å². The second-order valence-corrected chi connectivity index (χ2v) is 6.90. The number of halogens is 1. The van der Waals surface area contributed by atoms with E-state index in [1.165, 1.54) is 18.2 Å². The second kappa shape index (κ2) is 7.66. The quantitative estimate of drug-likeness (QED) is 0.545. The molecule has 132 valence electrons. The van der Waals surface area contributed by atoms with E-state index in [9.17, 15) is 14.9 Å². The Morgan fingerprint density at radius 1 is 1.08 bits per heavy atom. The van der Waals surface area contributed by atoms with E-state index in [0.717, 1.165) is 16.8 Å². The maximum Gasteiger partial charge on any atom is 0.270 e. The van der Waals surface area contributed by atoms with E-state index < -0.39 is 10.8 Å². The van der Waals surface area contributed by atoms with E-state index >= 15 is 0 Å². The minimum absolute atomic E-state index is 0.0872. The van der Waals surface area contributed by atoms with Gasteiger partial charge in [-0.1, -0.05) is 57.5 Å². The lowest BCUT2D eigenvalue weighted by molar-refractivity contribution is -0.384. The van der Waals surface area contributed by atoms with Crippen molar-refractivity contribution in [1.29, 1.82) is 0 Å². The summed E-state index contributed by atoms with van der Waals surface area (Å²) in [6.45, 7) is 8.20. The van der Waals surface area contributed by atoms with Gasteiger partial charge in [0.05, 0.1) is 15.5 Å². The Kier molecular flexibility index (Phi) is 5.80. The van der Waals surface area contributed by atoms with Crippen LogP contribution in [-0.2, 0) is 0 Å². The predicted molar refractivity (Wildman–Crippen MR) is 101 cm³/mol. The molecule has 0 aromatic heterocycles. The van der Waals surface area contributed by atoms with Crippen LogP contribution in [0.4, 0.5) is 11.4 Å². The van der Waals surface area contributed by atoms with E-state index in [1.54, 1.807) is 0 Å². The Bertz CT molecular complexity index is 790. The smallest absolute Gasteiger partial charge is 0.270 e. The summed E-state index contributed by atoms with van der Waals surface area (Å²) in [6.07, 6.45) is 0. The van der Waals surface area contributed by atoms with Crippen molar-refractivity contribution in [2.45, 2.75) is 39.5 Å². The van der Waals surface area contributed by atoms with Crippen molar-refractivity contribution in [2.75, 3.05) is 5.32 Å². The lowest BCUT2D eigenvalue weighted by atomic mass is 9.92. The standard InChI is InChI=1S/C19H21ClN2O3/c1-11(2)14-6-5-7-15(12(3)4)18(14)21-19(23)16-10-13(22(24)25)8-9-17(16)20/h5-12H,1-4H3,(H,21,23). The molecule has 0 aliphatic rings. The fourth-order valence-corrected chi connectivity index (χ4v) is 2.88. The number of hydrogen-bond acceptors (Lipinski definition) is 3. The molecule has 0 unspecified atom stereocenters. The molecule has 0 heterocycles. The van der Waals surface area contributed by atoms with Gasteiger partial charge < -0.3 is 5.32 Å². The van der Waals surface area contributed by atoms with Crippen LogP contribution in [0.5, 0.6) is 0 Å². The summed E-state index contributed by atoms with van der Waals surface area (Å²) in [6, 6.07) is 9.76. The van der Waals surface area contributed by atoms with Crippen LogP contribution >= 0.6 is 11.6 Å². The molecule has 0 bridgehead atoms. The highest BCUT2D eigenvalue weighted by atomic mass is 35.5. The zero-order chi connectivity index (χ0) is 18.7. The van der Waals surface area contributed by atoms with Gasteiger partial charge in [-0.25, -0.2) is 0 Å². The molecule has 2 rings (SSSR count). The number of hydrogen-bond donors (Lipinski definition) is 1. The lowest BCUT2D eigenvalue weighted by Crippen LogP contribution is -2.16. The van der Waals surface area contributed by atoms with Gasteiger partial charge in [-0.15, -0.1) is 0 Å². The molecular formula is C19H21ClN2O3. The van der Waals surface area contributed by atoms with Crippen molar-refractivity contribution in [3.05, 3.63) is 68.2 Å². The molecule has 0 saturated carbocycles. The average Bonchev–Trinajstić information content (AvgIpc) is 2.54. The van der Waals surface area contributed by atoms with Crippen LogP contribution in [0.3, 0.4) is 0 Å². The Labute approximate surface area is 152 Å². The summed E-state index contributed by atoms with van der Waals surface area (Å²) in [5, 5.41) is 14.1. The molecule has 1 N–H and O–H groups in total. The Hall–Kier alpha value is -2.40. The van der Waals surface area contributed by atoms with E-state index in [4.69, 9.17) is 11.6 Å². The van der Waals surface area contributed by atoms with E-state index in [-0.39, 0.29) is 28.1 Å². The Balaban J connectivity index is 2.48. The van der Waals surface area contributed by atoms with E-state index in [0.29, 0.717) is 0 Å². The fourth-order valence-electron chi connectivity index (χ4n) is 2.68. The molecule has 1 amide bonds. The summed E-state index contributed by atoms with van der Waals surface area (Å²) >= 11 is 6.08. The van der Waals surface area contributed by atoms with Gasteiger partial charge in [0, 0.05) is 17.8 Å². The summed E-state index contributed by atoms with van der Waals surface area (Å²) in [7, 11) is 0. The van der Waals surface area contributed by atoms with Gasteiger partial charge in [0.1, 0.15) is 0 Å². The van der Waals surface area contributed by atoms with Crippen molar-refractivity contribution in [1.82, 2.24) is 0 Å². The van der Waals surface area contributed by atoms with Crippen LogP contribution < -0.4 is 5.32 Å². The van der Waals surface area contributed by atoms with Gasteiger partial charge >= 0.3 is 0 Å². The van der Waals surface area contributed by atoms with Crippen molar-refractivity contribution in [3.8, 4) is 0 Å². The highest BCUT2D eigenvalue weighted by molar-refractivity contribution is 6.34. The lowest BCUT2D eigenvalue weighted by Gasteiger charge is -2.20. The third kappa shape index (κ3) is 4.17. The van der Waals surface area contributed by atoms with Crippen molar-refractivity contribution in [2.24, 2.45) is 0 Å². The highest BCUT2D eigenvalue weighted by Gasteiger charge is 2.20. The number of nitro groups is 1. The van der Waals surface area contributed by atoms with Crippen LogP contribution in [0.1, 0.15) is 61.0 Å². The first-order chi connectivity index (χ1) is 11.7. The normalized spacial score (nSPS) is 11.0. The number of nitro benzene ring substituents is 1. The van der Waals surface area contributed by atoms with Gasteiger partial charge in [0.25, 0.3) is 11.6 Å². The number of amides is 1. The number of nitrogens with one attached hydrogen (secondary N) is 1.